The molecule has 0 spiro atoms. The minimum absolute atomic E-state index is 0.0710. The molecule has 1 unspecified atom stereocenters. The van der Waals surface area contributed by atoms with E-state index in [4.69, 9.17) is 0 Å². The van der Waals surface area contributed by atoms with Crippen LogP contribution >= 0.6 is 0 Å². The summed E-state index contributed by atoms with van der Waals surface area (Å²) >= 11 is 0. The maximum absolute atomic E-state index is 12.1. The van der Waals surface area contributed by atoms with E-state index in [9.17, 15) is 4.79 Å². The van der Waals surface area contributed by atoms with Crippen LogP contribution in [-0.4, -0.2) is 17.4 Å². The number of benzene rings is 1. The molecule has 0 aromatic heterocycles. The van der Waals surface area contributed by atoms with Gasteiger partial charge in [-0.3, -0.25) is 10.1 Å². The van der Waals surface area contributed by atoms with E-state index >= 15 is 0 Å². The lowest BCUT2D eigenvalue weighted by Crippen LogP contribution is -2.46. The van der Waals surface area contributed by atoms with Gasteiger partial charge in [-0.05, 0) is 44.2 Å². The van der Waals surface area contributed by atoms with Crippen molar-refractivity contribution in [1.82, 2.24) is 10.6 Å². The second-order valence-corrected chi connectivity index (χ2v) is 7.08. The van der Waals surface area contributed by atoms with Crippen molar-refractivity contribution < 1.29 is 4.79 Å². The summed E-state index contributed by atoms with van der Waals surface area (Å²) in [6.07, 6.45) is 1.05. The highest BCUT2D eigenvalue weighted by molar-refractivity contribution is 6.05. The van der Waals surface area contributed by atoms with E-state index in [0.717, 1.165) is 12.0 Å². The summed E-state index contributed by atoms with van der Waals surface area (Å²) in [6.45, 7) is 10.5. The zero-order valence-corrected chi connectivity index (χ0v) is 13.5. The largest absolute Gasteiger partial charge is 0.351 e. The van der Waals surface area contributed by atoms with Gasteiger partial charge in [-0.1, -0.05) is 38.1 Å². The summed E-state index contributed by atoms with van der Waals surface area (Å²) in [6, 6.07) is 7.75. The Bertz CT molecular complexity index is 538. The fourth-order valence-corrected chi connectivity index (χ4v) is 2.36. The quantitative estimate of drug-likeness (QED) is 0.898. The molecule has 1 aliphatic rings. The zero-order valence-electron chi connectivity index (χ0n) is 13.5. The van der Waals surface area contributed by atoms with Crippen LogP contribution in [0.15, 0.2) is 29.3 Å². The van der Waals surface area contributed by atoms with Gasteiger partial charge >= 0.3 is 0 Å². The molecular formula is C17H25N3O. The lowest BCUT2D eigenvalue weighted by atomic mass is 9.99. The monoisotopic (exact) mass is 287 g/mol. The third-order valence-electron chi connectivity index (χ3n) is 3.18. The third kappa shape index (κ3) is 4.31. The van der Waals surface area contributed by atoms with E-state index in [1.165, 1.54) is 5.56 Å². The number of guanidine groups is 1. The number of rotatable bonds is 3. The van der Waals surface area contributed by atoms with Crippen LogP contribution in [0, 0.1) is 5.92 Å². The molecule has 114 valence electrons. The molecule has 0 fully saturated rings. The van der Waals surface area contributed by atoms with E-state index in [1.54, 1.807) is 0 Å². The summed E-state index contributed by atoms with van der Waals surface area (Å²) in [4.78, 5) is 16.5. The van der Waals surface area contributed by atoms with Gasteiger partial charge < -0.3 is 5.32 Å². The molecule has 1 aliphatic heterocycles. The predicted octanol–water partition coefficient (Wildman–Crippen LogP) is 2.80. The number of nitrogens with zero attached hydrogens (tertiary/aromatic N) is 1. The zero-order chi connectivity index (χ0) is 15.6. The van der Waals surface area contributed by atoms with Crippen molar-refractivity contribution in [1.29, 1.82) is 0 Å². The van der Waals surface area contributed by atoms with Crippen molar-refractivity contribution in [2.45, 2.75) is 52.6 Å². The number of carbonyl (C=O) groups excluding carboxylic acids is 1. The van der Waals surface area contributed by atoms with Gasteiger partial charge in [0.1, 0.15) is 0 Å². The fraction of sp³-hybridized carbons (Fsp3) is 0.529. The molecular weight excluding hydrogens is 262 g/mol. The van der Waals surface area contributed by atoms with Gasteiger partial charge in [0.25, 0.3) is 5.91 Å². The van der Waals surface area contributed by atoms with Crippen molar-refractivity contribution in [3.05, 3.63) is 35.4 Å². The summed E-state index contributed by atoms with van der Waals surface area (Å²) in [5.74, 6) is 1.12. The normalized spacial score (nSPS) is 18.7. The van der Waals surface area contributed by atoms with Crippen LogP contribution < -0.4 is 10.6 Å². The van der Waals surface area contributed by atoms with Gasteiger partial charge in [-0.15, -0.1) is 0 Å². The molecule has 0 radical (unpaired) electrons. The van der Waals surface area contributed by atoms with Crippen molar-refractivity contribution in [2.75, 3.05) is 0 Å². The molecule has 0 bridgehead atoms. The lowest BCUT2D eigenvalue weighted by Gasteiger charge is -2.21. The highest BCUT2D eigenvalue weighted by Gasteiger charge is 2.29. The van der Waals surface area contributed by atoms with Gasteiger partial charge in [0, 0.05) is 5.54 Å². The average Bonchev–Trinajstić information content (AvgIpc) is 2.68. The van der Waals surface area contributed by atoms with E-state index in [1.807, 2.05) is 32.9 Å². The predicted molar refractivity (Wildman–Crippen MR) is 86.2 cm³/mol. The second kappa shape index (κ2) is 5.88. The van der Waals surface area contributed by atoms with Crippen LogP contribution in [0.2, 0.25) is 0 Å². The van der Waals surface area contributed by atoms with Crippen LogP contribution in [0.25, 0.3) is 0 Å². The Kier molecular flexibility index (Phi) is 4.35. The van der Waals surface area contributed by atoms with Crippen LogP contribution in [0.3, 0.4) is 0 Å². The fourth-order valence-electron chi connectivity index (χ4n) is 2.36. The minimum Gasteiger partial charge on any atom is -0.351 e. The number of nitrogens with one attached hydrogen (secondary N) is 2. The molecule has 2 rings (SSSR count). The van der Waals surface area contributed by atoms with Crippen LogP contribution in [0.5, 0.6) is 0 Å². The standard InChI is InChI=1S/C17H25N3O/c1-11(2)10-12-6-8-13(9-7-12)14-15(21)19-16(18-14)20-17(3,4)5/h6-9,11,14H,10H2,1-5H3,(H2,18,19,20,21). The second-order valence-electron chi connectivity index (χ2n) is 7.08. The van der Waals surface area contributed by atoms with Crippen molar-refractivity contribution in [2.24, 2.45) is 10.9 Å². The number of hydrogen-bond donors (Lipinski definition) is 2. The van der Waals surface area contributed by atoms with Gasteiger partial charge in [0.2, 0.25) is 0 Å². The Balaban J connectivity index is 2.12. The summed E-state index contributed by atoms with van der Waals surface area (Å²) in [7, 11) is 0. The topological polar surface area (TPSA) is 53.5 Å². The third-order valence-corrected chi connectivity index (χ3v) is 3.18. The molecule has 1 atom stereocenters. The van der Waals surface area contributed by atoms with Crippen molar-refractivity contribution in [3.63, 3.8) is 0 Å². The first kappa shape index (κ1) is 15.5. The molecule has 4 heteroatoms. The summed E-state index contributed by atoms with van der Waals surface area (Å²) < 4.78 is 0. The first-order valence-corrected chi connectivity index (χ1v) is 7.50. The highest BCUT2D eigenvalue weighted by atomic mass is 16.2. The van der Waals surface area contributed by atoms with E-state index < -0.39 is 6.04 Å². The Labute approximate surface area is 127 Å². The Morgan fingerprint density at radius 2 is 1.86 bits per heavy atom. The van der Waals surface area contributed by atoms with Crippen molar-refractivity contribution in [3.8, 4) is 0 Å². The lowest BCUT2D eigenvalue weighted by molar-refractivity contribution is -0.120. The summed E-state index contributed by atoms with van der Waals surface area (Å²) in [5, 5.41) is 6.01. The number of hydrogen-bond acceptors (Lipinski definition) is 3. The van der Waals surface area contributed by atoms with Crippen LogP contribution in [0.1, 0.15) is 51.8 Å². The van der Waals surface area contributed by atoms with Gasteiger partial charge in [0.15, 0.2) is 12.0 Å². The van der Waals surface area contributed by atoms with Gasteiger partial charge in [-0.2, -0.15) is 0 Å². The molecule has 0 saturated heterocycles. The maximum Gasteiger partial charge on any atom is 0.256 e. The molecule has 21 heavy (non-hydrogen) atoms. The Morgan fingerprint density at radius 3 is 2.38 bits per heavy atom. The molecule has 2 N–H and O–H groups in total. The van der Waals surface area contributed by atoms with Crippen molar-refractivity contribution >= 4 is 11.9 Å². The molecule has 1 aromatic rings. The smallest absolute Gasteiger partial charge is 0.256 e. The molecule has 4 nitrogen and oxygen atoms in total. The highest BCUT2D eigenvalue weighted by Crippen LogP contribution is 2.22. The number of amides is 1. The number of carbonyl (C=O) groups is 1. The van der Waals surface area contributed by atoms with Crippen LogP contribution in [0.4, 0.5) is 0 Å². The molecule has 0 saturated carbocycles. The van der Waals surface area contributed by atoms with Gasteiger partial charge in [0.05, 0.1) is 0 Å². The van der Waals surface area contributed by atoms with Gasteiger partial charge in [-0.25, -0.2) is 4.99 Å². The van der Waals surface area contributed by atoms with E-state index in [2.05, 4.69) is 41.6 Å². The molecule has 1 heterocycles. The average molecular weight is 287 g/mol. The minimum atomic E-state index is -0.442. The molecule has 1 aromatic carbocycles. The number of aliphatic imine (C=N–C) groups is 1. The van der Waals surface area contributed by atoms with Crippen LogP contribution in [-0.2, 0) is 11.2 Å². The molecule has 0 aliphatic carbocycles. The summed E-state index contributed by atoms with van der Waals surface area (Å²) in [5.41, 5.74) is 2.11. The Hall–Kier alpha value is -1.84. The first-order valence-electron chi connectivity index (χ1n) is 7.50. The SMILES string of the molecule is CC(C)Cc1ccc(C2N=C(NC(C)(C)C)NC2=O)cc1. The Morgan fingerprint density at radius 1 is 1.24 bits per heavy atom. The van der Waals surface area contributed by atoms with E-state index in [0.29, 0.717) is 11.9 Å². The van der Waals surface area contributed by atoms with E-state index in [-0.39, 0.29) is 11.4 Å². The first-order chi connectivity index (χ1) is 9.74. The molecule has 1 amide bonds. The maximum atomic E-state index is 12.1.